The third-order valence-corrected chi connectivity index (χ3v) is 2.95. The lowest BCUT2D eigenvalue weighted by atomic mass is 10.0. The van der Waals surface area contributed by atoms with Crippen molar-refractivity contribution in [3.05, 3.63) is 40.7 Å². The third-order valence-electron chi connectivity index (χ3n) is 2.95. The molecule has 0 atom stereocenters. The van der Waals surface area contributed by atoms with E-state index in [9.17, 15) is 10.1 Å². The minimum atomic E-state index is -0.536. The SMILES string of the molecule is CCOc1c(-c2ccncc2OC)ccc([N+](=O)[O-])c1N. The Morgan fingerprint density at radius 2 is 2.10 bits per heavy atom. The van der Waals surface area contributed by atoms with E-state index in [0.29, 0.717) is 23.5 Å². The quantitative estimate of drug-likeness (QED) is 0.516. The third kappa shape index (κ3) is 2.71. The van der Waals surface area contributed by atoms with Crippen molar-refractivity contribution in [3.8, 4) is 22.6 Å². The number of pyridine rings is 1. The van der Waals surface area contributed by atoms with Crippen LogP contribution in [0.3, 0.4) is 0 Å². The van der Waals surface area contributed by atoms with Crippen LogP contribution in [0.5, 0.6) is 11.5 Å². The molecule has 0 fully saturated rings. The van der Waals surface area contributed by atoms with E-state index in [4.69, 9.17) is 15.2 Å². The molecule has 110 valence electrons. The van der Waals surface area contributed by atoms with Gasteiger partial charge in [-0.15, -0.1) is 0 Å². The smallest absolute Gasteiger partial charge is 0.295 e. The molecule has 0 saturated heterocycles. The van der Waals surface area contributed by atoms with Crippen LogP contribution in [-0.4, -0.2) is 23.6 Å². The van der Waals surface area contributed by atoms with Gasteiger partial charge < -0.3 is 15.2 Å². The van der Waals surface area contributed by atoms with Gasteiger partial charge in [-0.2, -0.15) is 0 Å². The Morgan fingerprint density at radius 1 is 1.33 bits per heavy atom. The molecule has 2 N–H and O–H groups in total. The van der Waals surface area contributed by atoms with E-state index in [1.165, 1.54) is 13.2 Å². The van der Waals surface area contributed by atoms with Crippen molar-refractivity contribution in [2.45, 2.75) is 6.92 Å². The molecule has 1 heterocycles. The van der Waals surface area contributed by atoms with E-state index in [1.807, 2.05) is 0 Å². The van der Waals surface area contributed by atoms with Gasteiger partial charge in [-0.1, -0.05) is 0 Å². The molecule has 0 aliphatic rings. The molecule has 0 radical (unpaired) electrons. The monoisotopic (exact) mass is 289 g/mol. The van der Waals surface area contributed by atoms with Gasteiger partial charge in [-0.3, -0.25) is 15.1 Å². The number of nitrogens with two attached hydrogens (primary N) is 1. The molecule has 2 rings (SSSR count). The summed E-state index contributed by atoms with van der Waals surface area (Å²) in [7, 11) is 1.52. The molecule has 0 bridgehead atoms. The molecule has 1 aromatic carbocycles. The maximum absolute atomic E-state index is 11.0. The van der Waals surface area contributed by atoms with Crippen molar-refractivity contribution in [2.24, 2.45) is 0 Å². The number of ether oxygens (including phenoxy) is 2. The summed E-state index contributed by atoms with van der Waals surface area (Å²) in [5.41, 5.74) is 7.02. The summed E-state index contributed by atoms with van der Waals surface area (Å²) in [6.07, 6.45) is 3.16. The zero-order valence-corrected chi connectivity index (χ0v) is 11.7. The van der Waals surface area contributed by atoms with E-state index >= 15 is 0 Å². The van der Waals surface area contributed by atoms with E-state index in [2.05, 4.69) is 4.98 Å². The highest BCUT2D eigenvalue weighted by molar-refractivity contribution is 5.84. The number of nitrogen functional groups attached to an aromatic ring is 1. The fourth-order valence-electron chi connectivity index (χ4n) is 2.03. The number of hydrogen-bond donors (Lipinski definition) is 1. The largest absolute Gasteiger partial charge is 0.494 e. The minimum absolute atomic E-state index is 0.00165. The lowest BCUT2D eigenvalue weighted by molar-refractivity contribution is -0.383. The Balaban J connectivity index is 2.68. The molecule has 21 heavy (non-hydrogen) atoms. The number of rotatable bonds is 5. The maximum atomic E-state index is 11.0. The predicted molar refractivity (Wildman–Crippen MR) is 78.5 cm³/mol. The van der Waals surface area contributed by atoms with Crippen LogP contribution in [0.1, 0.15) is 6.92 Å². The fraction of sp³-hybridized carbons (Fsp3) is 0.214. The fourth-order valence-corrected chi connectivity index (χ4v) is 2.03. The molecule has 0 saturated carbocycles. The Labute approximate surface area is 121 Å². The molecule has 0 aliphatic heterocycles. The summed E-state index contributed by atoms with van der Waals surface area (Å²) in [5.74, 6) is 0.808. The van der Waals surface area contributed by atoms with Crippen molar-refractivity contribution in [1.29, 1.82) is 0 Å². The van der Waals surface area contributed by atoms with Crippen molar-refractivity contribution in [2.75, 3.05) is 19.5 Å². The first-order chi connectivity index (χ1) is 10.1. The number of nitrogens with zero attached hydrogens (tertiary/aromatic N) is 2. The molecule has 0 unspecified atom stereocenters. The van der Waals surface area contributed by atoms with Gasteiger partial charge in [0.2, 0.25) is 0 Å². The molecule has 7 nitrogen and oxygen atoms in total. The summed E-state index contributed by atoms with van der Waals surface area (Å²) in [6.45, 7) is 2.12. The van der Waals surface area contributed by atoms with Crippen molar-refractivity contribution in [1.82, 2.24) is 4.98 Å². The zero-order chi connectivity index (χ0) is 15.4. The van der Waals surface area contributed by atoms with Gasteiger partial charge in [0.05, 0.1) is 24.8 Å². The van der Waals surface area contributed by atoms with E-state index in [1.54, 1.807) is 31.5 Å². The van der Waals surface area contributed by atoms with Gasteiger partial charge in [-0.05, 0) is 19.1 Å². The second kappa shape index (κ2) is 6.08. The highest BCUT2D eigenvalue weighted by Crippen LogP contribution is 2.43. The maximum Gasteiger partial charge on any atom is 0.295 e. The number of anilines is 1. The number of nitro groups is 1. The number of hydrogen-bond acceptors (Lipinski definition) is 6. The topological polar surface area (TPSA) is 101 Å². The van der Waals surface area contributed by atoms with Crippen LogP contribution in [0.25, 0.3) is 11.1 Å². The van der Waals surface area contributed by atoms with Crippen molar-refractivity contribution < 1.29 is 14.4 Å². The standard InChI is InChI=1S/C14H15N3O4/c1-3-21-14-10(4-5-11(13(14)15)17(18)19)9-6-7-16-8-12(9)20-2/h4-8H,3,15H2,1-2H3. The number of methoxy groups -OCH3 is 1. The van der Waals surface area contributed by atoms with Gasteiger partial charge in [0.25, 0.3) is 5.69 Å². The van der Waals surface area contributed by atoms with Gasteiger partial charge in [0.1, 0.15) is 5.75 Å². The Morgan fingerprint density at radius 3 is 2.71 bits per heavy atom. The minimum Gasteiger partial charge on any atom is -0.494 e. The van der Waals surface area contributed by atoms with E-state index in [0.717, 1.165) is 0 Å². The second-order valence-electron chi connectivity index (χ2n) is 4.14. The highest BCUT2D eigenvalue weighted by Gasteiger charge is 2.21. The summed E-state index contributed by atoms with van der Waals surface area (Å²) < 4.78 is 10.8. The van der Waals surface area contributed by atoms with Crippen LogP contribution in [0.15, 0.2) is 30.6 Å². The predicted octanol–water partition coefficient (Wildman–Crippen LogP) is 2.65. The average molecular weight is 289 g/mol. The number of aromatic nitrogens is 1. The van der Waals surface area contributed by atoms with Crippen LogP contribution in [0.4, 0.5) is 11.4 Å². The molecule has 0 amide bonds. The molecular weight excluding hydrogens is 274 g/mol. The molecule has 0 spiro atoms. The highest BCUT2D eigenvalue weighted by atomic mass is 16.6. The molecular formula is C14H15N3O4. The average Bonchev–Trinajstić information content (AvgIpc) is 2.49. The van der Waals surface area contributed by atoms with E-state index < -0.39 is 4.92 Å². The molecule has 1 aromatic heterocycles. The van der Waals surface area contributed by atoms with Crippen molar-refractivity contribution >= 4 is 11.4 Å². The summed E-state index contributed by atoms with van der Waals surface area (Å²) in [4.78, 5) is 14.4. The molecule has 7 heteroatoms. The number of nitro benzene ring substituents is 1. The Bertz CT molecular complexity index is 673. The molecule has 2 aromatic rings. The number of benzene rings is 1. The van der Waals surface area contributed by atoms with Crippen LogP contribution in [0, 0.1) is 10.1 Å². The Hall–Kier alpha value is -2.83. The second-order valence-corrected chi connectivity index (χ2v) is 4.14. The van der Waals surface area contributed by atoms with Crippen molar-refractivity contribution in [3.63, 3.8) is 0 Å². The summed E-state index contributed by atoms with van der Waals surface area (Å²) in [5, 5.41) is 11.0. The first-order valence-electron chi connectivity index (χ1n) is 6.28. The van der Waals surface area contributed by atoms with Crippen LogP contribution in [0.2, 0.25) is 0 Å². The first kappa shape index (κ1) is 14.6. The van der Waals surface area contributed by atoms with Gasteiger partial charge in [-0.25, -0.2) is 0 Å². The summed E-state index contributed by atoms with van der Waals surface area (Å²) in [6, 6.07) is 4.69. The van der Waals surface area contributed by atoms with Crippen LogP contribution < -0.4 is 15.2 Å². The van der Waals surface area contributed by atoms with Gasteiger partial charge in [0, 0.05) is 23.4 Å². The zero-order valence-electron chi connectivity index (χ0n) is 11.7. The Kier molecular flexibility index (Phi) is 4.22. The molecule has 0 aliphatic carbocycles. The van der Waals surface area contributed by atoms with Crippen LogP contribution >= 0.6 is 0 Å². The normalized spacial score (nSPS) is 10.2. The van der Waals surface area contributed by atoms with Gasteiger partial charge >= 0.3 is 0 Å². The van der Waals surface area contributed by atoms with Gasteiger partial charge in [0.15, 0.2) is 11.4 Å². The lowest BCUT2D eigenvalue weighted by Crippen LogP contribution is -2.03. The van der Waals surface area contributed by atoms with E-state index in [-0.39, 0.29) is 17.1 Å². The summed E-state index contributed by atoms with van der Waals surface area (Å²) >= 11 is 0. The lowest BCUT2D eigenvalue weighted by Gasteiger charge is -2.14. The first-order valence-corrected chi connectivity index (χ1v) is 6.28. The van der Waals surface area contributed by atoms with Crippen LogP contribution in [-0.2, 0) is 0 Å².